The smallest absolute Gasteiger partial charge is 0.308 e. The zero-order valence-electron chi connectivity index (χ0n) is 13.2. The Morgan fingerprint density at radius 2 is 1.35 bits per heavy atom. The van der Waals surface area contributed by atoms with Crippen LogP contribution in [0.2, 0.25) is 0 Å². The second-order valence-electron chi connectivity index (χ2n) is 5.90. The van der Waals surface area contributed by atoms with Crippen LogP contribution in [0.15, 0.2) is 0 Å². The normalized spacial score (nSPS) is 25.6. The molecule has 4 nitrogen and oxygen atoms in total. The predicted octanol–water partition coefficient (Wildman–Crippen LogP) is 3.48. The fraction of sp³-hybridized carbons (Fsp3) is 0.875. The zero-order chi connectivity index (χ0) is 15.1. The van der Waals surface area contributed by atoms with Crippen molar-refractivity contribution < 1.29 is 19.1 Å². The summed E-state index contributed by atoms with van der Waals surface area (Å²) in [4.78, 5) is 23.6. The topological polar surface area (TPSA) is 52.6 Å². The second kappa shape index (κ2) is 8.28. The van der Waals surface area contributed by atoms with Crippen LogP contribution in [0.4, 0.5) is 0 Å². The molecule has 1 aliphatic carbocycles. The average Bonchev–Trinajstić information content (AvgIpc) is 2.45. The molecule has 0 saturated heterocycles. The van der Waals surface area contributed by atoms with Crippen molar-refractivity contribution in [3.63, 3.8) is 0 Å². The predicted molar refractivity (Wildman–Crippen MR) is 77.1 cm³/mol. The Kier molecular flexibility index (Phi) is 7.03. The summed E-state index contributed by atoms with van der Waals surface area (Å²) in [7, 11) is 0. The van der Waals surface area contributed by atoms with Gasteiger partial charge in [-0.15, -0.1) is 0 Å². The lowest BCUT2D eigenvalue weighted by atomic mass is 9.94. The summed E-state index contributed by atoms with van der Waals surface area (Å²) in [5.74, 6) is -0.381. The fourth-order valence-corrected chi connectivity index (χ4v) is 2.21. The van der Waals surface area contributed by atoms with Gasteiger partial charge in [0.1, 0.15) is 12.2 Å². The summed E-state index contributed by atoms with van der Waals surface area (Å²) >= 11 is 0. The third-order valence-corrected chi connectivity index (χ3v) is 4.17. The molecule has 20 heavy (non-hydrogen) atoms. The van der Waals surface area contributed by atoms with E-state index in [9.17, 15) is 9.59 Å². The summed E-state index contributed by atoms with van der Waals surface area (Å²) in [5, 5.41) is 0. The molecule has 4 atom stereocenters. The van der Waals surface area contributed by atoms with Gasteiger partial charge in [-0.25, -0.2) is 0 Å². The largest absolute Gasteiger partial charge is 0.462 e. The van der Waals surface area contributed by atoms with Crippen molar-refractivity contribution in [1.82, 2.24) is 0 Å². The SMILES string of the molecule is CCC(C)C(=O)OC1CCCC(OC(=O)C(C)CC)C1. The van der Waals surface area contributed by atoms with E-state index in [1.807, 2.05) is 27.7 Å². The maximum absolute atomic E-state index is 11.8. The Morgan fingerprint density at radius 1 is 0.950 bits per heavy atom. The maximum atomic E-state index is 11.8. The van der Waals surface area contributed by atoms with Crippen LogP contribution >= 0.6 is 0 Å². The minimum absolute atomic E-state index is 0.0574. The molecular formula is C16H28O4. The van der Waals surface area contributed by atoms with E-state index in [2.05, 4.69) is 0 Å². The first-order chi connectivity index (χ1) is 9.47. The van der Waals surface area contributed by atoms with Crippen LogP contribution in [0.5, 0.6) is 0 Å². The molecule has 1 saturated carbocycles. The van der Waals surface area contributed by atoms with Gasteiger partial charge in [-0.2, -0.15) is 0 Å². The highest BCUT2D eigenvalue weighted by Gasteiger charge is 2.29. The molecule has 1 aliphatic rings. The van der Waals surface area contributed by atoms with Gasteiger partial charge in [-0.1, -0.05) is 27.7 Å². The lowest BCUT2D eigenvalue weighted by Gasteiger charge is -2.30. The minimum Gasteiger partial charge on any atom is -0.462 e. The van der Waals surface area contributed by atoms with E-state index < -0.39 is 0 Å². The minimum atomic E-state index is -0.133. The van der Waals surface area contributed by atoms with Crippen molar-refractivity contribution in [2.75, 3.05) is 0 Å². The lowest BCUT2D eigenvalue weighted by molar-refractivity contribution is -0.163. The van der Waals surface area contributed by atoms with Crippen molar-refractivity contribution in [3.05, 3.63) is 0 Å². The molecule has 116 valence electrons. The van der Waals surface area contributed by atoms with Crippen molar-refractivity contribution in [1.29, 1.82) is 0 Å². The first kappa shape index (κ1) is 17.0. The molecule has 0 aliphatic heterocycles. The van der Waals surface area contributed by atoms with Crippen molar-refractivity contribution in [3.8, 4) is 0 Å². The number of hydrogen-bond acceptors (Lipinski definition) is 4. The molecule has 1 fully saturated rings. The maximum Gasteiger partial charge on any atom is 0.308 e. The van der Waals surface area contributed by atoms with E-state index in [0.29, 0.717) is 6.42 Å². The quantitative estimate of drug-likeness (QED) is 0.701. The van der Waals surface area contributed by atoms with E-state index in [0.717, 1.165) is 32.1 Å². The first-order valence-electron chi connectivity index (χ1n) is 7.88. The number of esters is 2. The van der Waals surface area contributed by atoms with Crippen molar-refractivity contribution in [2.45, 2.75) is 78.4 Å². The number of carbonyl (C=O) groups is 2. The van der Waals surface area contributed by atoms with E-state index in [1.165, 1.54) is 0 Å². The Labute approximate surface area is 122 Å². The number of carbonyl (C=O) groups excluding carboxylic acids is 2. The highest BCUT2D eigenvalue weighted by molar-refractivity contribution is 5.72. The van der Waals surface area contributed by atoms with Crippen LogP contribution in [0.25, 0.3) is 0 Å². The Bertz CT molecular complexity index is 296. The lowest BCUT2D eigenvalue weighted by Crippen LogP contribution is -2.33. The molecule has 0 radical (unpaired) electrons. The van der Waals surface area contributed by atoms with E-state index in [-0.39, 0.29) is 36.0 Å². The van der Waals surface area contributed by atoms with Gasteiger partial charge in [0.2, 0.25) is 0 Å². The van der Waals surface area contributed by atoms with E-state index in [4.69, 9.17) is 9.47 Å². The molecule has 0 heterocycles. The average molecular weight is 284 g/mol. The number of rotatable bonds is 6. The molecule has 0 bridgehead atoms. The van der Waals surface area contributed by atoms with Crippen molar-refractivity contribution in [2.24, 2.45) is 11.8 Å². The van der Waals surface area contributed by atoms with Gasteiger partial charge >= 0.3 is 11.9 Å². The van der Waals surface area contributed by atoms with Gasteiger partial charge in [0, 0.05) is 6.42 Å². The van der Waals surface area contributed by atoms with E-state index >= 15 is 0 Å². The summed E-state index contributed by atoms with van der Waals surface area (Å²) in [6, 6.07) is 0. The molecular weight excluding hydrogens is 256 g/mol. The van der Waals surface area contributed by atoms with Gasteiger partial charge in [0.25, 0.3) is 0 Å². The molecule has 4 heteroatoms. The monoisotopic (exact) mass is 284 g/mol. The van der Waals surface area contributed by atoms with Gasteiger partial charge in [0.15, 0.2) is 0 Å². The van der Waals surface area contributed by atoms with E-state index in [1.54, 1.807) is 0 Å². The van der Waals surface area contributed by atoms with Crippen LogP contribution in [0, 0.1) is 11.8 Å². The molecule has 0 amide bonds. The molecule has 0 spiro atoms. The third kappa shape index (κ3) is 5.14. The van der Waals surface area contributed by atoms with Crippen molar-refractivity contribution >= 4 is 11.9 Å². The van der Waals surface area contributed by atoms with Crippen LogP contribution < -0.4 is 0 Å². The first-order valence-corrected chi connectivity index (χ1v) is 7.88. The molecule has 0 aromatic carbocycles. The Hall–Kier alpha value is -1.06. The standard InChI is InChI=1S/C16H28O4/c1-5-11(3)15(17)19-13-8-7-9-14(10-13)20-16(18)12(4)6-2/h11-14H,5-10H2,1-4H3. The van der Waals surface area contributed by atoms with Gasteiger partial charge in [0.05, 0.1) is 11.8 Å². The molecule has 4 unspecified atom stereocenters. The van der Waals surface area contributed by atoms with Gasteiger partial charge in [-0.05, 0) is 32.1 Å². The summed E-state index contributed by atoms with van der Waals surface area (Å²) in [5.41, 5.74) is 0. The summed E-state index contributed by atoms with van der Waals surface area (Å²) < 4.78 is 11.0. The van der Waals surface area contributed by atoms with Crippen LogP contribution in [0.3, 0.4) is 0 Å². The number of hydrogen-bond donors (Lipinski definition) is 0. The van der Waals surface area contributed by atoms with Crippen LogP contribution in [-0.4, -0.2) is 24.1 Å². The van der Waals surface area contributed by atoms with Gasteiger partial charge < -0.3 is 9.47 Å². The molecule has 0 aromatic heterocycles. The van der Waals surface area contributed by atoms with Gasteiger partial charge in [-0.3, -0.25) is 9.59 Å². The third-order valence-electron chi connectivity index (χ3n) is 4.17. The Balaban J connectivity index is 2.42. The molecule has 0 N–H and O–H groups in total. The summed E-state index contributed by atoms with van der Waals surface area (Å²) in [6.07, 6.45) is 4.72. The second-order valence-corrected chi connectivity index (χ2v) is 5.90. The van der Waals surface area contributed by atoms with Crippen LogP contribution in [0.1, 0.15) is 66.2 Å². The number of ether oxygens (including phenoxy) is 2. The summed E-state index contributed by atoms with van der Waals surface area (Å²) in [6.45, 7) is 7.71. The molecule has 0 aromatic rings. The highest BCUT2D eigenvalue weighted by atomic mass is 16.6. The highest BCUT2D eigenvalue weighted by Crippen LogP contribution is 2.25. The molecule has 1 rings (SSSR count). The zero-order valence-corrected chi connectivity index (χ0v) is 13.2. The van der Waals surface area contributed by atoms with Crippen LogP contribution in [-0.2, 0) is 19.1 Å². The Morgan fingerprint density at radius 3 is 1.70 bits per heavy atom. The fourth-order valence-electron chi connectivity index (χ4n) is 2.21.